The standard InChI is InChI=1S/C11H17BN2O2/c1-8-13-6-9(7-14-8)12-15-10(2,3)11(4,5)16-12/h6-7H,1-5H3/i6D,7D. The molecule has 0 atom stereocenters. The lowest BCUT2D eigenvalue weighted by atomic mass is 9.81. The maximum Gasteiger partial charge on any atom is 0.498 e. The van der Waals surface area contributed by atoms with E-state index in [-0.39, 0.29) is 12.3 Å². The van der Waals surface area contributed by atoms with E-state index in [1.807, 2.05) is 27.7 Å². The molecule has 2 rings (SSSR count). The minimum absolute atomic E-state index is 0.00833. The SMILES string of the molecule is [2H]c1nc(C)nc([2H])c1B1OC(C)(C)C(C)(C)O1. The molecule has 0 unspecified atom stereocenters. The molecule has 1 saturated heterocycles. The predicted octanol–water partition coefficient (Wildman–Crippen LogP) is 1.08. The van der Waals surface area contributed by atoms with Gasteiger partial charge < -0.3 is 9.31 Å². The fraction of sp³-hybridized carbons (Fsp3) is 0.636. The molecule has 2 heterocycles. The van der Waals surface area contributed by atoms with Gasteiger partial charge in [0.05, 0.1) is 13.9 Å². The maximum atomic E-state index is 7.84. The Kier molecular flexibility index (Phi) is 2.02. The van der Waals surface area contributed by atoms with Gasteiger partial charge in [0.1, 0.15) is 5.82 Å². The van der Waals surface area contributed by atoms with Crippen molar-refractivity contribution in [1.29, 1.82) is 0 Å². The number of nitrogens with zero attached hydrogens (tertiary/aromatic N) is 2. The summed E-state index contributed by atoms with van der Waals surface area (Å²) in [7, 11) is -0.754. The zero-order chi connectivity index (χ0) is 13.7. The average Bonchev–Trinajstić information content (AvgIpc) is 2.32. The van der Waals surface area contributed by atoms with Crippen molar-refractivity contribution < 1.29 is 12.1 Å². The first-order chi connectivity index (χ1) is 8.14. The summed E-state index contributed by atoms with van der Waals surface area (Å²) in [6.45, 7) is 9.36. The van der Waals surface area contributed by atoms with Gasteiger partial charge in [-0.05, 0) is 34.6 Å². The molecule has 4 nitrogen and oxygen atoms in total. The van der Waals surface area contributed by atoms with E-state index < -0.39 is 18.3 Å². The molecule has 0 aromatic carbocycles. The molecule has 0 bridgehead atoms. The summed E-state index contributed by atoms with van der Waals surface area (Å²) in [6, 6.07) is 0. The molecule has 1 aliphatic heterocycles. The van der Waals surface area contributed by atoms with Gasteiger partial charge in [0.15, 0.2) is 0 Å². The Bertz CT molecular complexity index is 455. The van der Waals surface area contributed by atoms with Crippen LogP contribution in [-0.4, -0.2) is 28.3 Å². The quantitative estimate of drug-likeness (QED) is 0.667. The fourth-order valence-electron chi connectivity index (χ4n) is 1.40. The molecule has 0 spiro atoms. The lowest BCUT2D eigenvalue weighted by Gasteiger charge is -2.32. The number of aromatic nitrogens is 2. The van der Waals surface area contributed by atoms with Crippen molar-refractivity contribution in [3.8, 4) is 0 Å². The van der Waals surface area contributed by atoms with Gasteiger partial charge in [-0.2, -0.15) is 0 Å². The van der Waals surface area contributed by atoms with E-state index in [9.17, 15) is 0 Å². The van der Waals surface area contributed by atoms with Crippen molar-refractivity contribution in [2.24, 2.45) is 0 Å². The van der Waals surface area contributed by atoms with Crippen LogP contribution in [0, 0.1) is 6.92 Å². The largest absolute Gasteiger partial charge is 0.498 e. The Hall–Kier alpha value is -0.935. The summed E-state index contributed by atoms with van der Waals surface area (Å²) in [4.78, 5) is 7.90. The summed E-state index contributed by atoms with van der Waals surface area (Å²) in [5, 5.41) is 0. The monoisotopic (exact) mass is 222 g/mol. The summed E-state index contributed by atoms with van der Waals surface area (Å²) in [5.41, 5.74) is -0.706. The Morgan fingerprint density at radius 1 is 1.12 bits per heavy atom. The summed E-state index contributed by atoms with van der Waals surface area (Å²) >= 11 is 0. The second-order valence-electron chi connectivity index (χ2n) is 5.00. The first-order valence-corrected chi connectivity index (χ1v) is 5.31. The van der Waals surface area contributed by atoms with Gasteiger partial charge in [0, 0.05) is 17.8 Å². The molecule has 16 heavy (non-hydrogen) atoms. The molecule has 1 fully saturated rings. The number of aryl methyl sites for hydroxylation is 1. The Morgan fingerprint density at radius 2 is 1.56 bits per heavy atom. The predicted molar refractivity (Wildman–Crippen MR) is 62.5 cm³/mol. The second-order valence-corrected chi connectivity index (χ2v) is 5.00. The molecule has 0 saturated carbocycles. The Morgan fingerprint density at radius 3 is 2.00 bits per heavy atom. The second kappa shape index (κ2) is 3.53. The number of hydrogen-bond donors (Lipinski definition) is 0. The van der Waals surface area contributed by atoms with Gasteiger partial charge >= 0.3 is 7.12 Å². The topological polar surface area (TPSA) is 44.2 Å². The van der Waals surface area contributed by atoms with E-state index in [2.05, 4.69) is 9.97 Å². The number of rotatable bonds is 1. The molecule has 0 radical (unpaired) electrons. The highest BCUT2D eigenvalue weighted by atomic mass is 16.7. The van der Waals surface area contributed by atoms with E-state index >= 15 is 0 Å². The molecule has 5 heteroatoms. The smallest absolute Gasteiger partial charge is 0.399 e. The highest BCUT2D eigenvalue weighted by Crippen LogP contribution is 2.36. The van der Waals surface area contributed by atoms with Crippen LogP contribution in [0.2, 0.25) is 0 Å². The first kappa shape index (κ1) is 9.13. The van der Waals surface area contributed by atoms with Crippen LogP contribution in [0.5, 0.6) is 0 Å². The third-order valence-electron chi connectivity index (χ3n) is 3.17. The average molecular weight is 222 g/mol. The molecular weight excluding hydrogens is 203 g/mol. The van der Waals surface area contributed by atoms with E-state index in [1.165, 1.54) is 0 Å². The number of hydrogen-bond acceptors (Lipinski definition) is 4. The maximum absolute atomic E-state index is 7.84. The first-order valence-electron chi connectivity index (χ1n) is 6.31. The highest BCUT2D eigenvalue weighted by molar-refractivity contribution is 6.61. The molecule has 0 aliphatic carbocycles. The van der Waals surface area contributed by atoms with Gasteiger partial charge in [-0.15, -0.1) is 0 Å². The van der Waals surface area contributed by atoms with Crippen molar-refractivity contribution in [3.63, 3.8) is 0 Å². The third kappa shape index (κ3) is 1.85. The van der Waals surface area contributed by atoms with Crippen LogP contribution in [0.1, 0.15) is 36.3 Å². The van der Waals surface area contributed by atoms with Crippen LogP contribution in [0.4, 0.5) is 0 Å². The lowest BCUT2D eigenvalue weighted by Crippen LogP contribution is -2.41. The van der Waals surface area contributed by atoms with Crippen LogP contribution in [-0.2, 0) is 9.31 Å². The summed E-state index contributed by atoms with van der Waals surface area (Å²) in [5.74, 6) is 0.408. The van der Waals surface area contributed by atoms with Crippen LogP contribution in [0.3, 0.4) is 0 Å². The van der Waals surface area contributed by atoms with Gasteiger partial charge in [-0.25, -0.2) is 9.97 Å². The fourth-order valence-corrected chi connectivity index (χ4v) is 1.40. The molecule has 1 aromatic heterocycles. The molecule has 1 aromatic rings. The van der Waals surface area contributed by atoms with Crippen molar-refractivity contribution in [3.05, 3.63) is 18.2 Å². The lowest BCUT2D eigenvalue weighted by molar-refractivity contribution is 0.00578. The Balaban J connectivity index is 2.42. The highest BCUT2D eigenvalue weighted by Gasteiger charge is 2.51. The van der Waals surface area contributed by atoms with Gasteiger partial charge in [-0.3, -0.25) is 0 Å². The van der Waals surface area contributed by atoms with Crippen molar-refractivity contribution in [2.75, 3.05) is 0 Å². The van der Waals surface area contributed by atoms with Crippen molar-refractivity contribution in [2.45, 2.75) is 45.8 Å². The van der Waals surface area contributed by atoms with Gasteiger partial charge in [0.25, 0.3) is 0 Å². The van der Waals surface area contributed by atoms with E-state index in [0.29, 0.717) is 11.3 Å². The summed E-state index contributed by atoms with van der Waals surface area (Å²) < 4.78 is 27.3. The van der Waals surface area contributed by atoms with Crippen LogP contribution in [0.15, 0.2) is 12.3 Å². The normalized spacial score (nSPS) is 24.2. The van der Waals surface area contributed by atoms with Crippen LogP contribution >= 0.6 is 0 Å². The van der Waals surface area contributed by atoms with E-state index in [4.69, 9.17) is 12.1 Å². The summed E-state index contributed by atoms with van der Waals surface area (Å²) in [6.07, 6.45) is -0.0167. The van der Waals surface area contributed by atoms with E-state index in [1.54, 1.807) is 6.92 Å². The third-order valence-corrected chi connectivity index (χ3v) is 3.17. The Labute approximate surface area is 99.3 Å². The molecule has 86 valence electrons. The zero-order valence-electron chi connectivity index (χ0n) is 12.3. The zero-order valence-corrected chi connectivity index (χ0v) is 10.3. The van der Waals surface area contributed by atoms with Gasteiger partial charge in [-0.1, -0.05) is 0 Å². The molecule has 1 aliphatic rings. The molecular formula is C11H17BN2O2. The van der Waals surface area contributed by atoms with Crippen LogP contribution < -0.4 is 5.46 Å². The van der Waals surface area contributed by atoms with Gasteiger partial charge in [0.2, 0.25) is 0 Å². The minimum Gasteiger partial charge on any atom is -0.399 e. The van der Waals surface area contributed by atoms with Crippen molar-refractivity contribution in [1.82, 2.24) is 9.97 Å². The van der Waals surface area contributed by atoms with Crippen LogP contribution in [0.25, 0.3) is 0 Å². The van der Waals surface area contributed by atoms with Crippen molar-refractivity contribution >= 4 is 12.6 Å². The van der Waals surface area contributed by atoms with E-state index in [0.717, 1.165) is 0 Å². The molecule has 0 amide bonds. The minimum atomic E-state index is -0.754. The molecule has 0 N–H and O–H groups in total.